The number of benzene rings is 1. The molecule has 0 aromatic heterocycles. The van der Waals surface area contributed by atoms with Gasteiger partial charge in [-0.25, -0.2) is 0 Å². The minimum Gasteiger partial charge on any atom is -0.294 e. The molecule has 16 heavy (non-hydrogen) atoms. The summed E-state index contributed by atoms with van der Waals surface area (Å²) >= 11 is 0. The zero-order chi connectivity index (χ0) is 12.3. The van der Waals surface area contributed by atoms with Crippen molar-refractivity contribution in [2.24, 2.45) is 11.8 Å². The van der Waals surface area contributed by atoms with E-state index < -0.39 is 0 Å². The van der Waals surface area contributed by atoms with Gasteiger partial charge in [-0.15, -0.1) is 0 Å². The van der Waals surface area contributed by atoms with Gasteiger partial charge in [-0.05, 0) is 6.07 Å². The number of carbonyl (C=O) groups is 2. The molecule has 0 aliphatic heterocycles. The van der Waals surface area contributed by atoms with Crippen LogP contribution in [0.5, 0.6) is 0 Å². The molecule has 0 N–H and O–H groups in total. The quantitative estimate of drug-likeness (QED) is 0.726. The van der Waals surface area contributed by atoms with Crippen molar-refractivity contribution in [3.63, 3.8) is 0 Å². The van der Waals surface area contributed by atoms with Crippen molar-refractivity contribution in [3.8, 4) is 0 Å². The van der Waals surface area contributed by atoms with Gasteiger partial charge in [-0.1, -0.05) is 45.9 Å². The Kier molecular flexibility index (Phi) is 3.99. The average Bonchev–Trinajstić information content (AvgIpc) is 2.26. The highest BCUT2D eigenvalue weighted by Crippen LogP contribution is 2.14. The van der Waals surface area contributed by atoms with E-state index in [0.717, 1.165) is 0 Å². The summed E-state index contributed by atoms with van der Waals surface area (Å²) in [5.74, 6) is 0.0885. The van der Waals surface area contributed by atoms with E-state index >= 15 is 0 Å². The molecule has 0 unspecified atom stereocenters. The lowest BCUT2D eigenvalue weighted by Gasteiger charge is -2.07. The molecule has 0 spiro atoms. The fourth-order valence-corrected chi connectivity index (χ4v) is 1.49. The van der Waals surface area contributed by atoms with Gasteiger partial charge in [0.05, 0.1) is 0 Å². The minimum atomic E-state index is -0.0376. The molecule has 0 aliphatic carbocycles. The summed E-state index contributed by atoms with van der Waals surface area (Å²) in [6, 6.07) is 6.99. The molecule has 1 rings (SSSR count). The van der Waals surface area contributed by atoms with Crippen LogP contribution < -0.4 is 0 Å². The van der Waals surface area contributed by atoms with E-state index in [0.29, 0.717) is 11.1 Å². The molecular weight excluding hydrogens is 200 g/mol. The van der Waals surface area contributed by atoms with Crippen LogP contribution in [-0.2, 0) is 0 Å². The first-order valence-corrected chi connectivity index (χ1v) is 5.62. The van der Waals surface area contributed by atoms with E-state index in [2.05, 4.69) is 0 Å². The molecule has 0 fully saturated rings. The maximum Gasteiger partial charge on any atom is 0.165 e. The predicted octanol–water partition coefficient (Wildman–Crippen LogP) is 3.36. The summed E-state index contributed by atoms with van der Waals surface area (Å²) in [5.41, 5.74) is 1.25. The standard InChI is InChI=1S/C14H18O2/c1-9(2)13(15)11-6-5-7-12(8-11)14(16)10(3)4/h5-10H,1-4H3. The number of hydrogen-bond donors (Lipinski definition) is 0. The van der Waals surface area contributed by atoms with Gasteiger partial charge in [0, 0.05) is 23.0 Å². The smallest absolute Gasteiger partial charge is 0.165 e. The van der Waals surface area contributed by atoms with Gasteiger partial charge in [0.25, 0.3) is 0 Å². The van der Waals surface area contributed by atoms with E-state index in [4.69, 9.17) is 0 Å². The lowest BCUT2D eigenvalue weighted by molar-refractivity contribution is 0.0939. The molecule has 2 nitrogen and oxygen atoms in total. The molecule has 0 amide bonds. The topological polar surface area (TPSA) is 34.1 Å². The molecule has 0 bridgehead atoms. The van der Waals surface area contributed by atoms with Crippen LogP contribution in [-0.4, -0.2) is 11.6 Å². The average molecular weight is 218 g/mol. The SMILES string of the molecule is CC(C)C(=O)c1cccc(C(=O)C(C)C)c1. The van der Waals surface area contributed by atoms with Crippen LogP contribution in [0.3, 0.4) is 0 Å². The first kappa shape index (κ1) is 12.6. The summed E-state index contributed by atoms with van der Waals surface area (Å²) in [6.07, 6.45) is 0. The Bertz CT molecular complexity index is 368. The molecule has 0 saturated heterocycles. The highest BCUT2D eigenvalue weighted by Gasteiger charge is 2.14. The van der Waals surface area contributed by atoms with Crippen LogP contribution in [0.2, 0.25) is 0 Å². The Morgan fingerprint density at radius 3 is 1.56 bits per heavy atom. The molecule has 0 aliphatic rings. The second-order valence-corrected chi connectivity index (χ2v) is 4.62. The molecule has 0 radical (unpaired) electrons. The van der Waals surface area contributed by atoms with Crippen LogP contribution in [0, 0.1) is 11.8 Å². The molecule has 0 atom stereocenters. The van der Waals surface area contributed by atoms with Gasteiger partial charge < -0.3 is 0 Å². The number of rotatable bonds is 4. The van der Waals surface area contributed by atoms with Crippen LogP contribution >= 0.6 is 0 Å². The highest BCUT2D eigenvalue weighted by molar-refractivity contribution is 6.02. The van der Waals surface area contributed by atoms with E-state index in [1.807, 2.05) is 27.7 Å². The first-order chi connectivity index (χ1) is 7.43. The minimum absolute atomic E-state index is 0.0376. The Morgan fingerprint density at radius 1 is 0.875 bits per heavy atom. The Hall–Kier alpha value is -1.44. The van der Waals surface area contributed by atoms with Crippen LogP contribution in [0.4, 0.5) is 0 Å². The van der Waals surface area contributed by atoms with Crippen molar-refractivity contribution in [2.45, 2.75) is 27.7 Å². The zero-order valence-electron chi connectivity index (χ0n) is 10.3. The lowest BCUT2D eigenvalue weighted by Crippen LogP contribution is -2.11. The summed E-state index contributed by atoms with van der Waals surface area (Å²) in [7, 11) is 0. The maximum absolute atomic E-state index is 11.8. The lowest BCUT2D eigenvalue weighted by atomic mass is 9.95. The third kappa shape index (κ3) is 2.78. The second kappa shape index (κ2) is 5.06. The van der Waals surface area contributed by atoms with Crippen molar-refractivity contribution >= 4 is 11.6 Å². The summed E-state index contributed by atoms with van der Waals surface area (Å²) in [4.78, 5) is 23.6. The van der Waals surface area contributed by atoms with E-state index in [1.165, 1.54) is 0 Å². The van der Waals surface area contributed by atoms with Crippen LogP contribution in [0.1, 0.15) is 48.4 Å². The third-order valence-electron chi connectivity index (χ3n) is 2.48. The van der Waals surface area contributed by atoms with Gasteiger partial charge in [0.1, 0.15) is 0 Å². The van der Waals surface area contributed by atoms with Gasteiger partial charge in [0.2, 0.25) is 0 Å². The molecule has 1 aromatic rings. The Balaban J connectivity index is 3.05. The summed E-state index contributed by atoms with van der Waals surface area (Å²) in [5, 5.41) is 0. The number of ketones is 2. The molecule has 2 heteroatoms. The van der Waals surface area contributed by atoms with E-state index in [9.17, 15) is 9.59 Å². The fraction of sp³-hybridized carbons (Fsp3) is 0.429. The molecular formula is C14H18O2. The second-order valence-electron chi connectivity index (χ2n) is 4.62. The van der Waals surface area contributed by atoms with Crippen molar-refractivity contribution < 1.29 is 9.59 Å². The number of hydrogen-bond acceptors (Lipinski definition) is 2. The maximum atomic E-state index is 11.8. The van der Waals surface area contributed by atoms with Crippen molar-refractivity contribution in [1.29, 1.82) is 0 Å². The Morgan fingerprint density at radius 2 is 1.25 bits per heavy atom. The third-order valence-corrected chi connectivity index (χ3v) is 2.48. The van der Waals surface area contributed by atoms with Gasteiger partial charge >= 0.3 is 0 Å². The van der Waals surface area contributed by atoms with Gasteiger partial charge in [0.15, 0.2) is 11.6 Å². The molecule has 0 heterocycles. The molecule has 1 aromatic carbocycles. The number of Topliss-reactive ketones (excluding diaryl/α,β-unsaturated/α-hetero) is 2. The van der Waals surface area contributed by atoms with Crippen molar-refractivity contribution in [3.05, 3.63) is 35.4 Å². The van der Waals surface area contributed by atoms with Crippen LogP contribution in [0.15, 0.2) is 24.3 Å². The predicted molar refractivity (Wildman–Crippen MR) is 64.8 cm³/mol. The van der Waals surface area contributed by atoms with Crippen molar-refractivity contribution in [2.75, 3.05) is 0 Å². The van der Waals surface area contributed by atoms with E-state index in [1.54, 1.807) is 24.3 Å². The highest BCUT2D eigenvalue weighted by atomic mass is 16.1. The summed E-state index contributed by atoms with van der Waals surface area (Å²) < 4.78 is 0. The molecule has 86 valence electrons. The number of carbonyl (C=O) groups excluding carboxylic acids is 2. The Labute approximate surface area is 96.7 Å². The molecule has 0 saturated carbocycles. The normalized spacial score (nSPS) is 10.9. The van der Waals surface area contributed by atoms with Gasteiger partial charge in [-0.2, -0.15) is 0 Å². The van der Waals surface area contributed by atoms with Crippen LogP contribution in [0.25, 0.3) is 0 Å². The van der Waals surface area contributed by atoms with E-state index in [-0.39, 0.29) is 23.4 Å². The van der Waals surface area contributed by atoms with Crippen molar-refractivity contribution in [1.82, 2.24) is 0 Å². The monoisotopic (exact) mass is 218 g/mol. The fourth-order valence-electron chi connectivity index (χ4n) is 1.49. The zero-order valence-corrected chi connectivity index (χ0v) is 10.3. The van der Waals surface area contributed by atoms with Gasteiger partial charge in [-0.3, -0.25) is 9.59 Å². The summed E-state index contributed by atoms with van der Waals surface area (Å²) in [6.45, 7) is 7.44. The largest absolute Gasteiger partial charge is 0.294 e. The first-order valence-electron chi connectivity index (χ1n) is 5.62.